The van der Waals surface area contributed by atoms with Crippen molar-refractivity contribution in [1.82, 2.24) is 5.32 Å². The molecule has 0 heterocycles. The van der Waals surface area contributed by atoms with Crippen LogP contribution >= 0.6 is 0 Å². The summed E-state index contributed by atoms with van der Waals surface area (Å²) >= 11 is 0. The number of nitrogens with two attached hydrogens (primary N) is 1. The van der Waals surface area contributed by atoms with Crippen LogP contribution in [0.1, 0.15) is 20.8 Å². The largest absolute Gasteiger partial charge is 0.396 e. The lowest BCUT2D eigenvalue weighted by atomic mass is 9.94. The van der Waals surface area contributed by atoms with Gasteiger partial charge in [0, 0.05) is 18.6 Å². The van der Waals surface area contributed by atoms with E-state index in [4.69, 9.17) is 10.8 Å². The van der Waals surface area contributed by atoms with Crippen molar-refractivity contribution >= 4 is 11.8 Å². The van der Waals surface area contributed by atoms with Crippen molar-refractivity contribution in [2.45, 2.75) is 20.8 Å². The number of aliphatic hydroxyl groups is 1. The zero-order chi connectivity index (χ0) is 11.4. The summed E-state index contributed by atoms with van der Waals surface area (Å²) in [5.74, 6) is -1.25. The topological polar surface area (TPSA) is 92.4 Å². The molecule has 0 aliphatic heterocycles. The quantitative estimate of drug-likeness (QED) is 0.508. The number of amides is 2. The average Bonchev–Trinajstić information content (AvgIpc) is 2.13. The lowest BCUT2D eigenvalue weighted by Gasteiger charge is -2.22. The molecular weight excluding hydrogens is 184 g/mol. The number of rotatable bonds is 5. The third-order valence-corrected chi connectivity index (χ3v) is 1.87. The van der Waals surface area contributed by atoms with Gasteiger partial charge in [-0.05, 0) is 6.92 Å². The summed E-state index contributed by atoms with van der Waals surface area (Å²) in [4.78, 5) is 21.8. The first-order valence-electron chi connectivity index (χ1n) is 4.32. The second-order valence-electron chi connectivity index (χ2n) is 3.99. The van der Waals surface area contributed by atoms with E-state index in [2.05, 4.69) is 5.32 Å². The van der Waals surface area contributed by atoms with Crippen LogP contribution in [0.2, 0.25) is 0 Å². The van der Waals surface area contributed by atoms with E-state index in [9.17, 15) is 9.59 Å². The van der Waals surface area contributed by atoms with Gasteiger partial charge in [0.25, 0.3) is 0 Å². The molecule has 81 valence electrons. The Bertz CT molecular complexity index is 226. The van der Waals surface area contributed by atoms with E-state index in [1.165, 1.54) is 6.92 Å². The maximum atomic E-state index is 11.2. The Morgan fingerprint density at radius 3 is 2.29 bits per heavy atom. The molecule has 0 spiro atoms. The predicted octanol–water partition coefficient (Wildman–Crippen LogP) is -0.799. The number of primary amides is 1. The second-order valence-corrected chi connectivity index (χ2v) is 3.99. The van der Waals surface area contributed by atoms with Crippen molar-refractivity contribution < 1.29 is 14.7 Å². The van der Waals surface area contributed by atoms with Crippen molar-refractivity contribution in [2.75, 3.05) is 13.2 Å². The van der Waals surface area contributed by atoms with Crippen LogP contribution in [0, 0.1) is 11.3 Å². The van der Waals surface area contributed by atoms with Gasteiger partial charge in [0.1, 0.15) is 5.92 Å². The highest BCUT2D eigenvalue weighted by Crippen LogP contribution is 2.11. The van der Waals surface area contributed by atoms with Gasteiger partial charge in [-0.2, -0.15) is 0 Å². The fourth-order valence-electron chi connectivity index (χ4n) is 0.620. The van der Waals surface area contributed by atoms with Crippen LogP contribution in [-0.4, -0.2) is 30.1 Å². The molecule has 4 N–H and O–H groups in total. The lowest BCUT2D eigenvalue weighted by molar-refractivity contribution is -0.125. The molecule has 5 nitrogen and oxygen atoms in total. The minimum Gasteiger partial charge on any atom is -0.396 e. The number of aliphatic hydroxyl groups excluding tert-OH is 1. The van der Waals surface area contributed by atoms with Crippen molar-refractivity contribution in [3.8, 4) is 0 Å². The van der Waals surface area contributed by atoms with Crippen LogP contribution in [0.15, 0.2) is 0 Å². The van der Waals surface area contributed by atoms with E-state index in [0.29, 0.717) is 6.54 Å². The molecule has 0 aromatic heterocycles. The number of hydrogen-bond acceptors (Lipinski definition) is 3. The van der Waals surface area contributed by atoms with Gasteiger partial charge in [-0.15, -0.1) is 0 Å². The summed E-state index contributed by atoms with van der Waals surface area (Å²) < 4.78 is 0. The van der Waals surface area contributed by atoms with Crippen LogP contribution in [0.3, 0.4) is 0 Å². The third-order valence-electron chi connectivity index (χ3n) is 1.87. The average molecular weight is 201 g/mol. The van der Waals surface area contributed by atoms with Crippen molar-refractivity contribution in [3.63, 3.8) is 0 Å². The fraction of sp³-hybridized carbons (Fsp3) is 0.667. The molecule has 14 heavy (non-hydrogen) atoms. The van der Waals surface area contributed by atoms with Crippen molar-refractivity contribution in [3.05, 3.63) is 5.92 Å². The molecule has 0 unspecified atom stereocenters. The van der Waals surface area contributed by atoms with E-state index >= 15 is 0 Å². The third kappa shape index (κ3) is 4.23. The molecule has 0 aliphatic carbocycles. The minimum atomic E-state index is -0.732. The van der Waals surface area contributed by atoms with Gasteiger partial charge in [0.2, 0.25) is 11.8 Å². The summed E-state index contributed by atoms with van der Waals surface area (Å²) in [6.07, 6.45) is 0. The molecule has 5 heteroatoms. The van der Waals surface area contributed by atoms with Gasteiger partial charge < -0.3 is 16.2 Å². The van der Waals surface area contributed by atoms with Crippen LogP contribution < -0.4 is 11.1 Å². The van der Waals surface area contributed by atoms with Gasteiger partial charge in [-0.1, -0.05) is 13.8 Å². The molecule has 0 aromatic carbocycles. The van der Waals surface area contributed by atoms with Crippen LogP contribution in [-0.2, 0) is 9.59 Å². The maximum Gasteiger partial charge on any atom is 0.237 e. The fourth-order valence-corrected chi connectivity index (χ4v) is 0.620. The number of hydrogen-bond donors (Lipinski definition) is 3. The summed E-state index contributed by atoms with van der Waals surface area (Å²) in [6, 6.07) is 0. The Hall–Kier alpha value is -1.10. The summed E-state index contributed by atoms with van der Waals surface area (Å²) in [7, 11) is 0. The van der Waals surface area contributed by atoms with Crippen LogP contribution in [0.5, 0.6) is 0 Å². The molecule has 0 saturated heterocycles. The Kier molecular flexibility index (Phi) is 4.56. The van der Waals surface area contributed by atoms with Crippen LogP contribution in [0.4, 0.5) is 0 Å². The molecular formula is C9H17N2O3. The normalized spacial score (nSPS) is 11.5. The summed E-state index contributed by atoms with van der Waals surface area (Å²) in [5, 5.41) is 11.4. The highest BCUT2D eigenvalue weighted by molar-refractivity contribution is 6.13. The molecule has 0 fully saturated rings. The monoisotopic (exact) mass is 201 g/mol. The molecule has 0 saturated carbocycles. The van der Waals surface area contributed by atoms with Crippen LogP contribution in [0.25, 0.3) is 0 Å². The highest BCUT2D eigenvalue weighted by atomic mass is 16.3. The summed E-state index contributed by atoms with van der Waals surface area (Å²) in [5.41, 5.74) is 4.53. The Balaban J connectivity index is 4.03. The first kappa shape index (κ1) is 12.9. The summed E-state index contributed by atoms with van der Waals surface area (Å²) in [6.45, 7) is 5.22. The SMILES string of the molecule is C[C](C(N)=O)C(=O)NCC(C)(C)CO. The van der Waals surface area contributed by atoms with Crippen molar-refractivity contribution in [2.24, 2.45) is 11.1 Å². The molecule has 0 rings (SSSR count). The first-order chi connectivity index (χ1) is 6.30. The smallest absolute Gasteiger partial charge is 0.237 e. The zero-order valence-corrected chi connectivity index (χ0v) is 8.76. The molecule has 0 atom stereocenters. The van der Waals surface area contributed by atoms with E-state index in [-0.39, 0.29) is 12.5 Å². The number of carbonyl (C=O) groups excluding carboxylic acids is 2. The Labute approximate surface area is 83.7 Å². The molecule has 2 amide bonds. The van der Waals surface area contributed by atoms with E-state index < -0.39 is 17.2 Å². The molecule has 0 aliphatic rings. The second kappa shape index (κ2) is 4.95. The number of nitrogens with one attached hydrogen (secondary N) is 1. The Morgan fingerprint density at radius 1 is 1.43 bits per heavy atom. The molecule has 0 bridgehead atoms. The first-order valence-corrected chi connectivity index (χ1v) is 4.32. The molecule has 0 aromatic rings. The molecule has 1 radical (unpaired) electrons. The minimum absolute atomic E-state index is 0.0289. The lowest BCUT2D eigenvalue weighted by Crippen LogP contribution is -2.41. The van der Waals surface area contributed by atoms with E-state index in [0.717, 1.165) is 0 Å². The van der Waals surface area contributed by atoms with E-state index in [1.54, 1.807) is 13.8 Å². The standard InChI is InChI=1S/C9H17N2O3/c1-6(7(10)13)8(14)11-4-9(2,3)5-12/h12H,4-5H2,1-3H3,(H2,10,13)(H,11,14). The Morgan fingerprint density at radius 2 is 1.93 bits per heavy atom. The van der Waals surface area contributed by atoms with Gasteiger partial charge in [0.05, 0.1) is 0 Å². The zero-order valence-electron chi connectivity index (χ0n) is 8.76. The maximum absolute atomic E-state index is 11.2. The van der Waals surface area contributed by atoms with Gasteiger partial charge >= 0.3 is 0 Å². The number of carbonyl (C=O) groups is 2. The van der Waals surface area contributed by atoms with Gasteiger partial charge in [-0.3, -0.25) is 9.59 Å². The highest BCUT2D eigenvalue weighted by Gasteiger charge is 2.23. The predicted molar refractivity (Wildman–Crippen MR) is 52.0 cm³/mol. The van der Waals surface area contributed by atoms with Crippen molar-refractivity contribution in [1.29, 1.82) is 0 Å². The van der Waals surface area contributed by atoms with Gasteiger partial charge in [0.15, 0.2) is 0 Å². The van der Waals surface area contributed by atoms with E-state index in [1.807, 2.05) is 0 Å². The van der Waals surface area contributed by atoms with Gasteiger partial charge in [-0.25, -0.2) is 0 Å².